The van der Waals surface area contributed by atoms with E-state index in [9.17, 15) is 5.11 Å². The lowest BCUT2D eigenvalue weighted by Crippen LogP contribution is -2.51. The largest absolute Gasteiger partial charge is 0.542 e. The third kappa shape index (κ3) is 3.59. The van der Waals surface area contributed by atoms with Crippen LogP contribution in [0.5, 0.6) is 11.5 Å². The molecule has 1 aliphatic rings. The molecule has 2 rings (SSSR count). The fraction of sp³-hybridized carbons (Fsp3) is 0.652. The Morgan fingerprint density at radius 2 is 1.75 bits per heavy atom. The van der Waals surface area contributed by atoms with E-state index in [1.54, 1.807) is 6.08 Å². The second-order valence-electron chi connectivity index (χ2n) is 9.25. The highest BCUT2D eigenvalue weighted by Gasteiger charge is 2.53. The smallest absolute Gasteiger partial charge is 0.258 e. The normalized spacial score (nSPS) is 23.1. The number of rotatable bonds is 8. The maximum absolute atomic E-state index is 11.1. The molecule has 1 aliphatic heterocycles. The van der Waals surface area contributed by atoms with E-state index in [0.717, 1.165) is 21.5 Å². The van der Waals surface area contributed by atoms with Gasteiger partial charge in [0.25, 0.3) is 8.32 Å². The van der Waals surface area contributed by atoms with Crippen LogP contribution in [0, 0.1) is 0 Å². The predicted molar refractivity (Wildman–Crippen MR) is 124 cm³/mol. The van der Waals surface area contributed by atoms with Gasteiger partial charge in [0.15, 0.2) is 0 Å². The fourth-order valence-corrected chi connectivity index (χ4v) is 10.8. The zero-order valence-corrected chi connectivity index (χ0v) is 21.3. The summed E-state index contributed by atoms with van der Waals surface area (Å²) in [5.41, 5.74) is 1.83. The minimum absolute atomic E-state index is 0.160. The van der Waals surface area contributed by atoms with Crippen molar-refractivity contribution in [2.45, 2.75) is 96.1 Å². The number of benzene rings is 1. The molecular formula is C23H37BrO3Si. The summed E-state index contributed by atoms with van der Waals surface area (Å²) in [4.78, 5) is 0. The van der Waals surface area contributed by atoms with Crippen LogP contribution in [0.3, 0.4) is 0 Å². The van der Waals surface area contributed by atoms with Crippen LogP contribution in [-0.2, 0) is 5.41 Å². The van der Waals surface area contributed by atoms with Crippen LogP contribution in [0.2, 0.25) is 16.6 Å². The highest BCUT2D eigenvalue weighted by molar-refractivity contribution is 9.10. The number of hydrogen-bond acceptors (Lipinski definition) is 3. The molecule has 0 bridgehead atoms. The molecule has 0 aromatic heterocycles. The third-order valence-electron chi connectivity index (χ3n) is 6.83. The number of aliphatic hydroxyl groups is 1. The molecule has 1 aromatic rings. The van der Waals surface area contributed by atoms with Gasteiger partial charge in [-0.1, -0.05) is 47.6 Å². The molecule has 0 saturated heterocycles. The standard InChI is InChI=1S/C23H37BrO3Si/c1-10-11-20(25)23(9)17(8)26-22-18(24)12-13-19(21(22)23)27-28(14(2)3,15(4)5)16(6)7/h10,12-17,20,25H,1,11H2,2-9H3/t17-,20-,23-/m1/s1. The molecule has 0 fully saturated rings. The maximum atomic E-state index is 11.1. The monoisotopic (exact) mass is 468 g/mol. The van der Waals surface area contributed by atoms with E-state index in [1.165, 1.54) is 0 Å². The summed E-state index contributed by atoms with van der Waals surface area (Å²) < 4.78 is 14.2. The van der Waals surface area contributed by atoms with Gasteiger partial charge in [0.2, 0.25) is 0 Å². The Labute approximate surface area is 180 Å². The average Bonchev–Trinajstić information content (AvgIpc) is 2.87. The summed E-state index contributed by atoms with van der Waals surface area (Å²) in [6.07, 6.45) is 1.53. The Morgan fingerprint density at radius 3 is 2.21 bits per heavy atom. The lowest BCUT2D eigenvalue weighted by atomic mass is 9.73. The van der Waals surface area contributed by atoms with Gasteiger partial charge < -0.3 is 14.3 Å². The lowest BCUT2D eigenvalue weighted by molar-refractivity contribution is 0.0395. The molecule has 0 unspecified atom stereocenters. The second-order valence-corrected chi connectivity index (χ2v) is 15.5. The average molecular weight is 470 g/mol. The van der Waals surface area contributed by atoms with Crippen LogP contribution in [-0.4, -0.2) is 25.6 Å². The van der Waals surface area contributed by atoms with E-state index in [1.807, 2.05) is 13.0 Å². The number of hydrogen-bond donors (Lipinski definition) is 1. The quantitative estimate of drug-likeness (QED) is 0.330. The van der Waals surface area contributed by atoms with Gasteiger partial charge in [-0.05, 0) is 65.0 Å². The summed E-state index contributed by atoms with van der Waals surface area (Å²) >= 11 is 3.64. The lowest BCUT2D eigenvalue weighted by Gasteiger charge is -2.43. The topological polar surface area (TPSA) is 38.7 Å². The van der Waals surface area contributed by atoms with E-state index >= 15 is 0 Å². The van der Waals surface area contributed by atoms with Gasteiger partial charge in [0, 0.05) is 5.56 Å². The SMILES string of the molecule is C=CC[C@@H](O)[C@]1(C)c2c(O[Si](C(C)C)(C(C)C)C(C)C)ccc(Br)c2O[C@@H]1C. The van der Waals surface area contributed by atoms with Crippen LogP contribution in [0.25, 0.3) is 0 Å². The Balaban J connectivity index is 2.70. The van der Waals surface area contributed by atoms with Gasteiger partial charge in [-0.3, -0.25) is 0 Å². The summed E-state index contributed by atoms with van der Waals surface area (Å²) in [5.74, 6) is 1.67. The van der Waals surface area contributed by atoms with Crippen LogP contribution in [0.4, 0.5) is 0 Å². The van der Waals surface area contributed by atoms with E-state index < -0.39 is 19.8 Å². The van der Waals surface area contributed by atoms with Crippen molar-refractivity contribution >= 4 is 24.2 Å². The summed E-state index contributed by atoms with van der Waals surface area (Å²) in [6, 6.07) is 4.06. The van der Waals surface area contributed by atoms with Crippen molar-refractivity contribution in [1.29, 1.82) is 0 Å². The van der Waals surface area contributed by atoms with Crippen LogP contribution in [0.15, 0.2) is 29.3 Å². The van der Waals surface area contributed by atoms with Crippen molar-refractivity contribution in [2.24, 2.45) is 0 Å². The van der Waals surface area contributed by atoms with Crippen molar-refractivity contribution in [2.75, 3.05) is 0 Å². The number of fused-ring (bicyclic) bond motifs is 1. The molecule has 158 valence electrons. The molecule has 5 heteroatoms. The first-order valence-electron chi connectivity index (χ1n) is 10.4. The van der Waals surface area contributed by atoms with Crippen molar-refractivity contribution < 1.29 is 14.3 Å². The number of aliphatic hydroxyl groups excluding tert-OH is 1. The van der Waals surface area contributed by atoms with E-state index in [-0.39, 0.29) is 6.10 Å². The van der Waals surface area contributed by atoms with Crippen molar-refractivity contribution in [3.63, 3.8) is 0 Å². The highest BCUT2D eigenvalue weighted by atomic mass is 79.9. The third-order valence-corrected chi connectivity index (χ3v) is 13.4. The zero-order valence-electron chi connectivity index (χ0n) is 18.7. The first kappa shape index (κ1) is 23.5. The maximum Gasteiger partial charge on any atom is 0.258 e. The molecule has 3 atom stereocenters. The summed E-state index contributed by atoms with van der Waals surface area (Å²) in [7, 11) is -2.14. The van der Waals surface area contributed by atoms with Gasteiger partial charge >= 0.3 is 0 Å². The number of halogens is 1. The Bertz CT molecular complexity index is 694. The molecule has 1 aromatic carbocycles. The second kappa shape index (κ2) is 8.53. The first-order chi connectivity index (χ1) is 12.9. The van der Waals surface area contributed by atoms with Gasteiger partial charge in [-0.15, -0.1) is 6.58 Å². The first-order valence-corrected chi connectivity index (χ1v) is 13.3. The molecule has 1 heterocycles. The van der Waals surface area contributed by atoms with Crippen molar-refractivity contribution in [3.8, 4) is 11.5 Å². The van der Waals surface area contributed by atoms with Gasteiger partial charge in [0.1, 0.15) is 17.6 Å². The molecule has 0 aliphatic carbocycles. The highest BCUT2D eigenvalue weighted by Crippen LogP contribution is 2.55. The fourth-order valence-electron chi connectivity index (χ4n) is 5.14. The summed E-state index contributed by atoms with van der Waals surface area (Å²) in [5, 5.41) is 11.1. The molecule has 28 heavy (non-hydrogen) atoms. The Hall–Kier alpha value is -0.783. The molecule has 0 saturated carbocycles. The van der Waals surface area contributed by atoms with Crippen LogP contribution < -0.4 is 9.16 Å². The van der Waals surface area contributed by atoms with E-state index in [0.29, 0.717) is 23.0 Å². The van der Waals surface area contributed by atoms with Gasteiger partial charge in [-0.2, -0.15) is 0 Å². The zero-order chi connectivity index (χ0) is 21.4. The van der Waals surface area contributed by atoms with Gasteiger partial charge in [-0.25, -0.2) is 0 Å². The molecular weight excluding hydrogens is 432 g/mol. The molecule has 1 N–H and O–H groups in total. The summed E-state index contributed by atoms with van der Waals surface area (Å²) in [6.45, 7) is 21.7. The van der Waals surface area contributed by atoms with Gasteiger partial charge in [0.05, 0.1) is 16.0 Å². The molecule has 0 radical (unpaired) electrons. The minimum atomic E-state index is -2.14. The Kier molecular flexibility index (Phi) is 7.16. The van der Waals surface area contributed by atoms with Crippen molar-refractivity contribution in [3.05, 3.63) is 34.8 Å². The Morgan fingerprint density at radius 1 is 1.21 bits per heavy atom. The molecule has 0 spiro atoms. The van der Waals surface area contributed by atoms with E-state index in [4.69, 9.17) is 9.16 Å². The van der Waals surface area contributed by atoms with Crippen molar-refractivity contribution in [1.82, 2.24) is 0 Å². The van der Waals surface area contributed by atoms with Crippen LogP contribution in [0.1, 0.15) is 67.4 Å². The molecule has 0 amide bonds. The predicted octanol–water partition coefficient (Wildman–Crippen LogP) is 6.98. The van der Waals surface area contributed by atoms with E-state index in [2.05, 4.69) is 77.0 Å². The molecule has 3 nitrogen and oxygen atoms in total. The van der Waals surface area contributed by atoms with Crippen LogP contribution >= 0.6 is 15.9 Å². The number of ether oxygens (including phenoxy) is 1. The minimum Gasteiger partial charge on any atom is -0.542 e.